The van der Waals surface area contributed by atoms with Crippen LogP contribution in [0.2, 0.25) is 0 Å². The third kappa shape index (κ3) is 5.81. The van der Waals surface area contributed by atoms with Crippen LogP contribution in [0.25, 0.3) is 0 Å². The lowest BCUT2D eigenvalue weighted by Gasteiger charge is -2.17. The maximum absolute atomic E-state index is 12.7. The van der Waals surface area contributed by atoms with Crippen LogP contribution in [-0.2, 0) is 16.6 Å². The Labute approximate surface area is 182 Å². The number of rotatable bonds is 9. The fourth-order valence-electron chi connectivity index (χ4n) is 2.90. The summed E-state index contributed by atoms with van der Waals surface area (Å²) in [5.41, 5.74) is 1.86. The zero-order valence-electron chi connectivity index (χ0n) is 17.2. The van der Waals surface area contributed by atoms with Crippen molar-refractivity contribution in [3.63, 3.8) is 0 Å². The predicted octanol–water partition coefficient (Wildman–Crippen LogP) is 4.32. The minimum atomic E-state index is -3.58. The van der Waals surface area contributed by atoms with Crippen molar-refractivity contribution in [1.82, 2.24) is 4.31 Å². The molecule has 0 aliphatic carbocycles. The van der Waals surface area contributed by atoms with Gasteiger partial charge in [-0.25, -0.2) is 8.42 Å². The second kappa shape index (κ2) is 10.1. The number of ether oxygens (including phenoxy) is 1. The molecule has 0 radical (unpaired) electrons. The van der Waals surface area contributed by atoms with E-state index in [9.17, 15) is 13.2 Å². The van der Waals surface area contributed by atoms with Crippen LogP contribution in [0.4, 0.5) is 5.69 Å². The average Bonchev–Trinajstić information content (AvgIpc) is 2.79. The van der Waals surface area contributed by atoms with Crippen molar-refractivity contribution in [3.8, 4) is 5.75 Å². The lowest BCUT2D eigenvalue weighted by molar-refractivity contribution is 0.102. The second-order valence-electron chi connectivity index (χ2n) is 6.85. The quantitative estimate of drug-likeness (QED) is 0.507. The third-order valence-corrected chi connectivity index (χ3v) is 6.35. The number of carbonyl (C=O) groups excluding carboxylic acids is 1. The SMILES string of the molecule is C=CCOc1cccc(NC(=O)c2ccc(CN(C)S(=O)(=O)c3ccccc3)cc2)c1. The largest absolute Gasteiger partial charge is 0.489 e. The summed E-state index contributed by atoms with van der Waals surface area (Å²) in [5, 5.41) is 2.83. The summed E-state index contributed by atoms with van der Waals surface area (Å²) < 4.78 is 32.1. The summed E-state index contributed by atoms with van der Waals surface area (Å²) >= 11 is 0. The van der Waals surface area contributed by atoms with Crippen LogP contribution >= 0.6 is 0 Å². The van der Waals surface area contributed by atoms with Crippen molar-refractivity contribution < 1.29 is 17.9 Å². The first-order chi connectivity index (χ1) is 14.9. The Morgan fingerprint density at radius 3 is 2.42 bits per heavy atom. The monoisotopic (exact) mass is 436 g/mol. The first kappa shape index (κ1) is 22.3. The summed E-state index contributed by atoms with van der Waals surface area (Å²) in [6.45, 7) is 4.19. The topological polar surface area (TPSA) is 75.7 Å². The van der Waals surface area contributed by atoms with E-state index >= 15 is 0 Å². The molecular weight excluding hydrogens is 412 g/mol. The van der Waals surface area contributed by atoms with Gasteiger partial charge in [-0.2, -0.15) is 4.31 Å². The molecule has 0 spiro atoms. The zero-order chi connectivity index (χ0) is 22.3. The molecule has 0 bridgehead atoms. The molecular formula is C24H24N2O4S. The van der Waals surface area contributed by atoms with Gasteiger partial charge in [-0.05, 0) is 42.0 Å². The number of amides is 1. The number of carbonyl (C=O) groups is 1. The molecule has 0 saturated carbocycles. The Morgan fingerprint density at radius 2 is 1.74 bits per heavy atom. The van der Waals surface area contributed by atoms with Crippen molar-refractivity contribution in [3.05, 3.63) is 103 Å². The van der Waals surface area contributed by atoms with Crippen LogP contribution in [-0.4, -0.2) is 32.3 Å². The van der Waals surface area contributed by atoms with E-state index < -0.39 is 10.0 Å². The van der Waals surface area contributed by atoms with Gasteiger partial charge in [0.25, 0.3) is 5.91 Å². The highest BCUT2D eigenvalue weighted by atomic mass is 32.2. The molecule has 0 fully saturated rings. The summed E-state index contributed by atoms with van der Waals surface area (Å²) in [7, 11) is -2.05. The Hall–Kier alpha value is -3.42. The molecule has 0 heterocycles. The van der Waals surface area contributed by atoms with Gasteiger partial charge in [-0.3, -0.25) is 4.79 Å². The first-order valence-corrected chi connectivity index (χ1v) is 11.1. The fraction of sp³-hybridized carbons (Fsp3) is 0.125. The average molecular weight is 437 g/mol. The van der Waals surface area contributed by atoms with Crippen LogP contribution < -0.4 is 10.1 Å². The number of anilines is 1. The Morgan fingerprint density at radius 1 is 1.03 bits per heavy atom. The minimum absolute atomic E-state index is 0.196. The number of hydrogen-bond donors (Lipinski definition) is 1. The van der Waals surface area contributed by atoms with Gasteiger partial charge < -0.3 is 10.1 Å². The molecule has 0 unspecified atom stereocenters. The summed E-state index contributed by atoms with van der Waals surface area (Å²) in [5.74, 6) is 0.369. The lowest BCUT2D eigenvalue weighted by atomic mass is 10.1. The van der Waals surface area contributed by atoms with Crippen molar-refractivity contribution >= 4 is 21.6 Å². The van der Waals surface area contributed by atoms with Crippen molar-refractivity contribution in [2.75, 3.05) is 19.0 Å². The number of hydrogen-bond acceptors (Lipinski definition) is 4. The molecule has 160 valence electrons. The predicted molar refractivity (Wildman–Crippen MR) is 122 cm³/mol. The molecule has 1 N–H and O–H groups in total. The van der Waals surface area contributed by atoms with Gasteiger partial charge in [0.1, 0.15) is 12.4 Å². The number of benzene rings is 3. The maximum atomic E-state index is 12.7. The molecule has 0 aromatic heterocycles. The number of nitrogens with one attached hydrogen (secondary N) is 1. The first-order valence-electron chi connectivity index (χ1n) is 9.65. The number of nitrogens with zero attached hydrogens (tertiary/aromatic N) is 1. The highest BCUT2D eigenvalue weighted by Crippen LogP contribution is 2.19. The molecule has 7 heteroatoms. The Balaban J connectivity index is 1.64. The smallest absolute Gasteiger partial charge is 0.255 e. The van der Waals surface area contributed by atoms with Crippen LogP contribution in [0, 0.1) is 0 Å². The molecule has 31 heavy (non-hydrogen) atoms. The Bertz CT molecular complexity index is 1140. The second-order valence-corrected chi connectivity index (χ2v) is 8.90. The molecule has 0 aliphatic heterocycles. The van der Waals surface area contributed by atoms with E-state index in [1.807, 2.05) is 0 Å². The zero-order valence-corrected chi connectivity index (χ0v) is 18.0. The van der Waals surface area contributed by atoms with Crippen LogP contribution in [0.1, 0.15) is 15.9 Å². The molecule has 0 saturated heterocycles. The normalized spacial score (nSPS) is 11.2. The molecule has 6 nitrogen and oxygen atoms in total. The van der Waals surface area contributed by atoms with Gasteiger partial charge in [-0.1, -0.05) is 49.1 Å². The summed E-state index contributed by atoms with van der Waals surface area (Å²) in [6, 6.07) is 22.2. The summed E-state index contributed by atoms with van der Waals surface area (Å²) in [4.78, 5) is 12.8. The third-order valence-electron chi connectivity index (χ3n) is 4.53. The van der Waals surface area contributed by atoms with E-state index in [2.05, 4.69) is 11.9 Å². The van der Waals surface area contributed by atoms with Crippen molar-refractivity contribution in [2.45, 2.75) is 11.4 Å². The highest BCUT2D eigenvalue weighted by Gasteiger charge is 2.20. The van der Waals surface area contributed by atoms with Gasteiger partial charge in [0.2, 0.25) is 10.0 Å². The fourth-order valence-corrected chi connectivity index (χ4v) is 4.08. The molecule has 3 rings (SSSR count). The van der Waals surface area contributed by atoms with Crippen LogP contribution in [0.5, 0.6) is 5.75 Å². The molecule has 3 aromatic carbocycles. The molecule has 0 aliphatic rings. The molecule has 3 aromatic rings. The van der Waals surface area contributed by atoms with Gasteiger partial charge in [0.05, 0.1) is 4.90 Å². The van der Waals surface area contributed by atoms with Gasteiger partial charge >= 0.3 is 0 Å². The van der Waals surface area contributed by atoms with Gasteiger partial charge in [-0.15, -0.1) is 0 Å². The van der Waals surface area contributed by atoms with Gasteiger partial charge in [0, 0.05) is 30.9 Å². The van der Waals surface area contributed by atoms with Gasteiger partial charge in [0.15, 0.2) is 0 Å². The van der Waals surface area contributed by atoms with Crippen LogP contribution in [0.3, 0.4) is 0 Å². The maximum Gasteiger partial charge on any atom is 0.255 e. The van der Waals surface area contributed by atoms with E-state index in [0.29, 0.717) is 23.6 Å². The minimum Gasteiger partial charge on any atom is -0.489 e. The van der Waals surface area contributed by atoms with E-state index in [4.69, 9.17) is 4.74 Å². The standard InChI is InChI=1S/C24H24N2O4S/c1-3-16-30-22-9-7-8-21(17-22)25-24(27)20-14-12-19(13-15-20)18-26(2)31(28,29)23-10-5-4-6-11-23/h3-15,17H,1,16,18H2,2H3,(H,25,27). The Kier molecular flexibility index (Phi) is 7.23. The molecule has 1 amide bonds. The van der Waals surface area contributed by atoms with Crippen molar-refractivity contribution in [2.24, 2.45) is 0 Å². The van der Waals surface area contributed by atoms with E-state index in [1.165, 1.54) is 11.4 Å². The molecule has 0 atom stereocenters. The van der Waals surface area contributed by atoms with Crippen molar-refractivity contribution in [1.29, 1.82) is 0 Å². The number of sulfonamides is 1. The highest BCUT2D eigenvalue weighted by molar-refractivity contribution is 7.89. The van der Waals surface area contributed by atoms with E-state index in [1.54, 1.807) is 84.9 Å². The van der Waals surface area contributed by atoms with E-state index in [-0.39, 0.29) is 17.3 Å². The summed E-state index contributed by atoms with van der Waals surface area (Å²) in [6.07, 6.45) is 1.65. The lowest BCUT2D eigenvalue weighted by Crippen LogP contribution is -2.26. The van der Waals surface area contributed by atoms with E-state index in [0.717, 1.165) is 5.56 Å². The van der Waals surface area contributed by atoms with Crippen LogP contribution in [0.15, 0.2) is 96.4 Å².